The first-order chi connectivity index (χ1) is 14.1. The van der Waals surface area contributed by atoms with E-state index in [2.05, 4.69) is 29.6 Å². The fourth-order valence-electron chi connectivity index (χ4n) is 3.98. The molecule has 2 aromatic carbocycles. The van der Waals surface area contributed by atoms with Crippen molar-refractivity contribution in [2.75, 3.05) is 32.7 Å². The Kier molecular flexibility index (Phi) is 5.62. The van der Waals surface area contributed by atoms with Crippen LogP contribution in [0.25, 0.3) is 10.8 Å². The van der Waals surface area contributed by atoms with E-state index in [1.54, 1.807) is 17.0 Å². The van der Waals surface area contributed by atoms with Crippen LogP contribution in [0.5, 0.6) is 0 Å². The smallest absolute Gasteiger partial charge is 0.289 e. The maximum Gasteiger partial charge on any atom is 0.289 e. The average molecular weight is 392 g/mol. The van der Waals surface area contributed by atoms with Gasteiger partial charge in [0.15, 0.2) is 12.3 Å². The summed E-state index contributed by atoms with van der Waals surface area (Å²) in [5, 5.41) is 5.48. The van der Waals surface area contributed by atoms with Crippen molar-refractivity contribution in [3.8, 4) is 0 Å². The molecule has 0 unspecified atom stereocenters. The first-order valence-electron chi connectivity index (χ1n) is 10.0. The summed E-state index contributed by atoms with van der Waals surface area (Å²) in [5.74, 6) is 0.324. The maximum absolute atomic E-state index is 12.6. The van der Waals surface area contributed by atoms with Crippen LogP contribution in [0, 0.1) is 0 Å². The SMILES string of the molecule is C[C@@H](NC(=O)C[NH+]1CCN(C(=O)c2ccco2)CC1)c1cccc2ccccc12. The number of nitrogens with zero attached hydrogens (tertiary/aromatic N) is 1. The molecule has 2 N–H and O–H groups in total. The topological polar surface area (TPSA) is 67.0 Å². The molecule has 0 saturated carbocycles. The van der Waals surface area contributed by atoms with Crippen LogP contribution < -0.4 is 10.2 Å². The molecular weight excluding hydrogens is 366 g/mol. The highest BCUT2D eigenvalue weighted by molar-refractivity contribution is 5.91. The third-order valence-electron chi connectivity index (χ3n) is 5.57. The van der Waals surface area contributed by atoms with Crippen molar-refractivity contribution in [3.63, 3.8) is 0 Å². The molecule has 1 aliphatic rings. The van der Waals surface area contributed by atoms with E-state index in [-0.39, 0.29) is 17.9 Å². The number of hydrogen-bond donors (Lipinski definition) is 2. The minimum absolute atomic E-state index is 0.0336. The highest BCUT2D eigenvalue weighted by Crippen LogP contribution is 2.23. The Balaban J connectivity index is 1.30. The van der Waals surface area contributed by atoms with Gasteiger partial charge in [0.1, 0.15) is 0 Å². The number of nitrogens with one attached hydrogen (secondary N) is 2. The number of carbonyl (C=O) groups excluding carboxylic acids is 2. The number of rotatable bonds is 5. The molecule has 6 nitrogen and oxygen atoms in total. The highest BCUT2D eigenvalue weighted by Gasteiger charge is 2.27. The van der Waals surface area contributed by atoms with Gasteiger partial charge in [-0.25, -0.2) is 0 Å². The van der Waals surface area contributed by atoms with Gasteiger partial charge >= 0.3 is 0 Å². The molecule has 4 rings (SSSR count). The molecular formula is C23H26N3O3+. The summed E-state index contributed by atoms with van der Waals surface area (Å²) >= 11 is 0. The second-order valence-corrected chi connectivity index (χ2v) is 7.55. The van der Waals surface area contributed by atoms with Gasteiger partial charge in [-0.2, -0.15) is 0 Å². The largest absolute Gasteiger partial charge is 0.459 e. The van der Waals surface area contributed by atoms with Crippen molar-refractivity contribution < 1.29 is 18.9 Å². The number of fused-ring (bicyclic) bond motifs is 1. The lowest BCUT2D eigenvalue weighted by atomic mass is 10.00. The lowest BCUT2D eigenvalue weighted by Gasteiger charge is -2.31. The monoisotopic (exact) mass is 392 g/mol. The summed E-state index contributed by atoms with van der Waals surface area (Å²) in [7, 11) is 0. The van der Waals surface area contributed by atoms with Crippen molar-refractivity contribution in [2.24, 2.45) is 0 Å². The quantitative estimate of drug-likeness (QED) is 0.694. The van der Waals surface area contributed by atoms with Gasteiger partial charge in [-0.3, -0.25) is 9.59 Å². The van der Waals surface area contributed by atoms with Gasteiger partial charge in [0.25, 0.3) is 11.8 Å². The van der Waals surface area contributed by atoms with Crippen molar-refractivity contribution in [1.29, 1.82) is 0 Å². The maximum atomic E-state index is 12.6. The molecule has 1 aliphatic heterocycles. The molecule has 0 bridgehead atoms. The Morgan fingerprint density at radius 2 is 1.83 bits per heavy atom. The van der Waals surface area contributed by atoms with E-state index < -0.39 is 0 Å². The molecule has 1 aromatic heterocycles. The summed E-state index contributed by atoms with van der Waals surface area (Å²) < 4.78 is 5.19. The Labute approximate surface area is 170 Å². The predicted octanol–water partition coefficient (Wildman–Crippen LogP) is 1.65. The van der Waals surface area contributed by atoms with Crippen LogP contribution >= 0.6 is 0 Å². The molecule has 0 radical (unpaired) electrons. The average Bonchev–Trinajstić information content (AvgIpc) is 3.28. The molecule has 150 valence electrons. The van der Waals surface area contributed by atoms with Crippen molar-refractivity contribution in [2.45, 2.75) is 13.0 Å². The fourth-order valence-corrected chi connectivity index (χ4v) is 3.98. The fraction of sp³-hybridized carbons (Fsp3) is 0.304. The van der Waals surface area contributed by atoms with Gasteiger partial charge in [-0.15, -0.1) is 0 Å². The van der Waals surface area contributed by atoms with Crippen molar-refractivity contribution in [3.05, 3.63) is 72.2 Å². The third-order valence-corrected chi connectivity index (χ3v) is 5.57. The van der Waals surface area contributed by atoms with Crippen LogP contribution in [0.15, 0.2) is 65.3 Å². The number of amides is 2. The highest BCUT2D eigenvalue weighted by atomic mass is 16.3. The zero-order valence-corrected chi connectivity index (χ0v) is 16.6. The second kappa shape index (κ2) is 8.49. The molecule has 29 heavy (non-hydrogen) atoms. The summed E-state index contributed by atoms with van der Waals surface area (Å²) in [6.07, 6.45) is 1.51. The van der Waals surface area contributed by atoms with Gasteiger partial charge in [0.05, 0.1) is 38.5 Å². The normalized spacial score (nSPS) is 16.0. The van der Waals surface area contributed by atoms with Gasteiger partial charge in [-0.1, -0.05) is 42.5 Å². The zero-order valence-electron chi connectivity index (χ0n) is 16.6. The molecule has 1 saturated heterocycles. The van der Waals surface area contributed by atoms with Crippen LogP contribution in [0.3, 0.4) is 0 Å². The summed E-state index contributed by atoms with van der Waals surface area (Å²) in [6.45, 7) is 5.19. The van der Waals surface area contributed by atoms with E-state index in [9.17, 15) is 9.59 Å². The Hall–Kier alpha value is -3.12. The van der Waals surface area contributed by atoms with E-state index in [4.69, 9.17) is 4.42 Å². The number of carbonyl (C=O) groups is 2. The third kappa shape index (κ3) is 4.32. The van der Waals surface area contributed by atoms with Gasteiger partial charge in [0, 0.05) is 0 Å². The number of benzene rings is 2. The van der Waals surface area contributed by atoms with Crippen LogP contribution in [0.2, 0.25) is 0 Å². The molecule has 2 heterocycles. The summed E-state index contributed by atoms with van der Waals surface area (Å²) in [5.41, 5.74) is 1.13. The Bertz CT molecular complexity index is 986. The first-order valence-corrected chi connectivity index (χ1v) is 10.0. The Morgan fingerprint density at radius 3 is 2.59 bits per heavy atom. The number of furan rings is 1. The van der Waals surface area contributed by atoms with Crippen molar-refractivity contribution in [1.82, 2.24) is 10.2 Å². The minimum atomic E-state index is -0.0805. The standard InChI is InChI=1S/C23H25N3O3/c1-17(19-9-4-7-18-6-2-3-8-20(18)19)24-22(27)16-25-11-13-26(14-12-25)23(28)21-10-5-15-29-21/h2-10,15,17H,11-14,16H2,1H3,(H,24,27)/p+1/t17-/m1/s1. The van der Waals surface area contributed by atoms with Crippen LogP contribution in [0.4, 0.5) is 0 Å². The van der Waals surface area contributed by atoms with Gasteiger partial charge < -0.3 is 19.5 Å². The predicted molar refractivity (Wildman–Crippen MR) is 111 cm³/mol. The van der Waals surface area contributed by atoms with E-state index >= 15 is 0 Å². The molecule has 3 aromatic rings. The number of piperazine rings is 1. The molecule has 6 heteroatoms. The molecule has 1 atom stereocenters. The van der Waals surface area contributed by atoms with Gasteiger partial charge in [0.2, 0.25) is 0 Å². The lowest BCUT2D eigenvalue weighted by Crippen LogP contribution is -3.15. The van der Waals surface area contributed by atoms with E-state index in [0.29, 0.717) is 25.4 Å². The Morgan fingerprint density at radius 1 is 1.07 bits per heavy atom. The summed E-state index contributed by atoms with van der Waals surface area (Å²) in [4.78, 5) is 27.9. The molecule has 0 aliphatic carbocycles. The summed E-state index contributed by atoms with van der Waals surface area (Å²) in [6, 6.07) is 17.7. The van der Waals surface area contributed by atoms with E-state index in [1.165, 1.54) is 21.9 Å². The van der Waals surface area contributed by atoms with E-state index in [1.807, 2.05) is 25.1 Å². The van der Waals surface area contributed by atoms with Crippen LogP contribution in [-0.2, 0) is 4.79 Å². The van der Waals surface area contributed by atoms with Crippen LogP contribution in [-0.4, -0.2) is 49.4 Å². The zero-order chi connectivity index (χ0) is 20.2. The number of quaternary nitrogens is 1. The second-order valence-electron chi connectivity index (χ2n) is 7.55. The molecule has 0 spiro atoms. The first kappa shape index (κ1) is 19.2. The van der Waals surface area contributed by atoms with E-state index in [0.717, 1.165) is 18.7 Å². The molecule has 2 amide bonds. The van der Waals surface area contributed by atoms with Gasteiger partial charge in [-0.05, 0) is 35.4 Å². The molecule has 1 fully saturated rings. The minimum Gasteiger partial charge on any atom is -0.459 e. The number of hydrogen-bond acceptors (Lipinski definition) is 3. The van der Waals surface area contributed by atoms with Crippen LogP contribution in [0.1, 0.15) is 29.1 Å². The lowest BCUT2D eigenvalue weighted by molar-refractivity contribution is -0.896. The van der Waals surface area contributed by atoms with Crippen molar-refractivity contribution >= 4 is 22.6 Å².